The Hall–Kier alpha value is -3.25. The third kappa shape index (κ3) is 4.97. The number of halogens is 2. The molecule has 1 unspecified atom stereocenters. The van der Waals surface area contributed by atoms with Gasteiger partial charge in [-0.05, 0) is 49.2 Å². The van der Waals surface area contributed by atoms with Crippen LogP contribution in [-0.4, -0.2) is 31.0 Å². The van der Waals surface area contributed by atoms with Crippen LogP contribution in [-0.2, 0) is 11.3 Å². The fourth-order valence-electron chi connectivity index (χ4n) is 4.17. The predicted molar refractivity (Wildman–Crippen MR) is 121 cm³/mol. The van der Waals surface area contributed by atoms with Crippen LogP contribution in [0.25, 0.3) is 11.1 Å². The lowest BCUT2D eigenvalue weighted by Gasteiger charge is -2.32. The molecule has 3 aromatic carbocycles. The highest BCUT2D eigenvalue weighted by Crippen LogP contribution is 2.30. The van der Waals surface area contributed by atoms with Crippen LogP contribution >= 0.6 is 0 Å². The summed E-state index contributed by atoms with van der Waals surface area (Å²) in [6.07, 6.45) is 1.59. The van der Waals surface area contributed by atoms with Gasteiger partial charge >= 0.3 is 0 Å². The van der Waals surface area contributed by atoms with Crippen LogP contribution in [0.1, 0.15) is 18.4 Å². The number of carbonyl (C=O) groups is 1. The predicted octanol–water partition coefficient (Wildman–Crippen LogP) is 5.49. The van der Waals surface area contributed by atoms with Crippen molar-refractivity contribution in [3.8, 4) is 16.9 Å². The summed E-state index contributed by atoms with van der Waals surface area (Å²) in [7, 11) is 1.62. The Morgan fingerprint density at radius 3 is 2.62 bits per heavy atom. The number of rotatable bonds is 6. The molecule has 0 radical (unpaired) electrons. The first kappa shape index (κ1) is 22.0. The zero-order chi connectivity index (χ0) is 22.5. The molecule has 1 aliphatic heterocycles. The van der Waals surface area contributed by atoms with Crippen LogP contribution in [0, 0.1) is 17.6 Å². The summed E-state index contributed by atoms with van der Waals surface area (Å²) >= 11 is 0. The molecule has 1 saturated heterocycles. The summed E-state index contributed by atoms with van der Waals surface area (Å²) in [5, 5.41) is 3.08. The number of nitrogens with zero attached hydrogens (tertiary/aromatic N) is 1. The van der Waals surface area contributed by atoms with E-state index in [1.54, 1.807) is 13.2 Å². The standard InChI is InChI=1S/C26H26F2N2O2/c1-32-21-13-11-18(12-14-21)22-8-2-3-10-24(22)29-26(31)20-7-5-15-30(17-20)16-19-6-4-9-23(27)25(19)28/h2-4,6,8-14,20H,5,7,15-17H2,1H3,(H,29,31). The van der Waals surface area contributed by atoms with Crippen molar-refractivity contribution in [3.05, 3.63) is 83.9 Å². The lowest BCUT2D eigenvalue weighted by atomic mass is 9.96. The Kier molecular flexibility index (Phi) is 6.81. The molecule has 1 aliphatic rings. The van der Waals surface area contributed by atoms with Crippen molar-refractivity contribution < 1.29 is 18.3 Å². The third-order valence-electron chi connectivity index (χ3n) is 5.89. The number of hydrogen-bond acceptors (Lipinski definition) is 3. The van der Waals surface area contributed by atoms with E-state index < -0.39 is 11.6 Å². The van der Waals surface area contributed by atoms with Crippen LogP contribution in [0.5, 0.6) is 5.75 Å². The van der Waals surface area contributed by atoms with Crippen molar-refractivity contribution >= 4 is 11.6 Å². The number of piperidine rings is 1. The van der Waals surface area contributed by atoms with Gasteiger partial charge in [-0.25, -0.2) is 8.78 Å². The SMILES string of the molecule is COc1ccc(-c2ccccc2NC(=O)C2CCCN(Cc3cccc(F)c3F)C2)cc1. The maximum Gasteiger partial charge on any atom is 0.228 e. The van der Waals surface area contributed by atoms with Crippen molar-refractivity contribution in [1.82, 2.24) is 4.90 Å². The van der Waals surface area contributed by atoms with E-state index in [4.69, 9.17) is 4.74 Å². The summed E-state index contributed by atoms with van der Waals surface area (Å²) in [6, 6.07) is 19.6. The molecule has 0 aliphatic carbocycles. The van der Waals surface area contributed by atoms with Crippen molar-refractivity contribution in [2.75, 3.05) is 25.5 Å². The molecule has 0 spiro atoms. The molecule has 0 bridgehead atoms. The Labute approximate surface area is 186 Å². The molecule has 0 saturated carbocycles. The average molecular weight is 437 g/mol. The van der Waals surface area contributed by atoms with Crippen LogP contribution in [0.4, 0.5) is 14.5 Å². The lowest BCUT2D eigenvalue weighted by molar-refractivity contribution is -0.121. The quantitative estimate of drug-likeness (QED) is 0.556. The fraction of sp³-hybridized carbons (Fsp3) is 0.269. The number of benzene rings is 3. The number of para-hydroxylation sites is 1. The van der Waals surface area contributed by atoms with Crippen molar-refractivity contribution in [1.29, 1.82) is 0 Å². The monoisotopic (exact) mass is 436 g/mol. The van der Waals surface area contributed by atoms with Gasteiger partial charge in [0.2, 0.25) is 5.91 Å². The Morgan fingerprint density at radius 1 is 1.06 bits per heavy atom. The van der Waals surface area contributed by atoms with E-state index >= 15 is 0 Å². The number of likely N-dealkylation sites (tertiary alicyclic amines) is 1. The van der Waals surface area contributed by atoms with E-state index in [-0.39, 0.29) is 18.4 Å². The van der Waals surface area contributed by atoms with E-state index in [0.29, 0.717) is 12.1 Å². The normalized spacial score (nSPS) is 16.5. The molecule has 6 heteroatoms. The van der Waals surface area contributed by atoms with E-state index in [0.717, 1.165) is 48.0 Å². The molecule has 3 aromatic rings. The van der Waals surface area contributed by atoms with Gasteiger partial charge in [0.25, 0.3) is 0 Å². The van der Waals surface area contributed by atoms with Gasteiger partial charge in [-0.2, -0.15) is 0 Å². The number of hydrogen-bond donors (Lipinski definition) is 1. The van der Waals surface area contributed by atoms with Crippen LogP contribution in [0.2, 0.25) is 0 Å². The first-order chi connectivity index (χ1) is 15.5. The zero-order valence-corrected chi connectivity index (χ0v) is 18.0. The highest BCUT2D eigenvalue weighted by atomic mass is 19.2. The number of amides is 1. The smallest absolute Gasteiger partial charge is 0.228 e. The number of carbonyl (C=O) groups excluding carboxylic acids is 1. The Balaban J connectivity index is 1.45. The fourth-order valence-corrected chi connectivity index (χ4v) is 4.17. The van der Waals surface area contributed by atoms with Gasteiger partial charge in [0.05, 0.1) is 13.0 Å². The lowest BCUT2D eigenvalue weighted by Crippen LogP contribution is -2.40. The molecule has 0 aromatic heterocycles. The number of methoxy groups -OCH3 is 1. The van der Waals surface area contributed by atoms with Gasteiger partial charge in [0, 0.05) is 29.9 Å². The molecule has 166 valence electrons. The molecule has 1 fully saturated rings. The summed E-state index contributed by atoms with van der Waals surface area (Å²) in [5.74, 6) is -1.16. The maximum absolute atomic E-state index is 14.1. The van der Waals surface area contributed by atoms with Crippen molar-refractivity contribution in [2.24, 2.45) is 5.92 Å². The largest absolute Gasteiger partial charge is 0.497 e. The molecule has 1 amide bonds. The topological polar surface area (TPSA) is 41.6 Å². The van der Waals surface area contributed by atoms with Crippen LogP contribution in [0.15, 0.2) is 66.7 Å². The van der Waals surface area contributed by atoms with Crippen molar-refractivity contribution in [2.45, 2.75) is 19.4 Å². The first-order valence-corrected chi connectivity index (χ1v) is 10.7. The highest BCUT2D eigenvalue weighted by molar-refractivity contribution is 5.97. The van der Waals surface area contributed by atoms with E-state index in [9.17, 15) is 13.6 Å². The minimum Gasteiger partial charge on any atom is -0.497 e. The average Bonchev–Trinajstić information content (AvgIpc) is 2.83. The number of nitrogens with one attached hydrogen (secondary N) is 1. The molecule has 4 nitrogen and oxygen atoms in total. The minimum absolute atomic E-state index is 0.0598. The van der Waals surface area contributed by atoms with Gasteiger partial charge in [-0.15, -0.1) is 0 Å². The molecular weight excluding hydrogens is 410 g/mol. The first-order valence-electron chi connectivity index (χ1n) is 10.7. The van der Waals surface area contributed by atoms with Crippen molar-refractivity contribution in [3.63, 3.8) is 0 Å². The van der Waals surface area contributed by atoms with E-state index in [2.05, 4.69) is 5.32 Å². The highest BCUT2D eigenvalue weighted by Gasteiger charge is 2.27. The second kappa shape index (κ2) is 9.92. The van der Waals surface area contributed by atoms with Gasteiger partial charge in [-0.3, -0.25) is 9.69 Å². The second-order valence-electron chi connectivity index (χ2n) is 8.05. The van der Waals surface area contributed by atoms with E-state index in [1.807, 2.05) is 53.4 Å². The molecular formula is C26H26F2N2O2. The Morgan fingerprint density at radius 2 is 1.84 bits per heavy atom. The van der Waals surface area contributed by atoms with Gasteiger partial charge in [-0.1, -0.05) is 42.5 Å². The van der Waals surface area contributed by atoms with E-state index in [1.165, 1.54) is 6.07 Å². The zero-order valence-electron chi connectivity index (χ0n) is 18.0. The summed E-state index contributed by atoms with van der Waals surface area (Å²) in [4.78, 5) is 15.1. The number of ether oxygens (including phenoxy) is 1. The third-order valence-corrected chi connectivity index (χ3v) is 5.89. The second-order valence-corrected chi connectivity index (χ2v) is 8.05. The molecule has 1 heterocycles. The number of anilines is 1. The summed E-state index contributed by atoms with van der Waals surface area (Å²) in [5.41, 5.74) is 2.97. The Bertz CT molecular complexity index is 1090. The van der Waals surface area contributed by atoms with Crippen LogP contribution in [0.3, 0.4) is 0 Å². The summed E-state index contributed by atoms with van der Waals surface area (Å²) < 4.78 is 32.8. The molecule has 1 atom stereocenters. The molecule has 4 rings (SSSR count). The van der Waals surface area contributed by atoms with Gasteiger partial charge < -0.3 is 10.1 Å². The summed E-state index contributed by atoms with van der Waals surface area (Å²) in [6.45, 7) is 1.55. The minimum atomic E-state index is -0.844. The molecule has 32 heavy (non-hydrogen) atoms. The maximum atomic E-state index is 14.1. The van der Waals surface area contributed by atoms with Crippen LogP contribution < -0.4 is 10.1 Å². The molecule has 1 N–H and O–H groups in total. The van der Waals surface area contributed by atoms with Gasteiger partial charge in [0.15, 0.2) is 11.6 Å². The van der Waals surface area contributed by atoms with Gasteiger partial charge in [0.1, 0.15) is 5.75 Å².